The van der Waals surface area contributed by atoms with E-state index in [0.29, 0.717) is 0 Å². The lowest BCUT2D eigenvalue weighted by atomic mass is 10.0. The minimum atomic E-state index is 0.0882. The predicted octanol–water partition coefficient (Wildman–Crippen LogP) is 2.95. The van der Waals surface area contributed by atoms with Crippen LogP contribution in [0.1, 0.15) is 51.1 Å². The predicted molar refractivity (Wildman–Crippen MR) is 78.2 cm³/mol. The second kappa shape index (κ2) is 7.39. The van der Waals surface area contributed by atoms with Crippen molar-refractivity contribution in [1.29, 1.82) is 0 Å². The fraction of sp³-hybridized carbons (Fsp3) is 0.625. The number of ether oxygens (including phenoxy) is 1. The third-order valence-electron chi connectivity index (χ3n) is 3.70. The lowest BCUT2D eigenvalue weighted by Crippen LogP contribution is -2.37. The van der Waals surface area contributed by atoms with Gasteiger partial charge in [-0.1, -0.05) is 12.8 Å². The number of rotatable bonds is 4. The minimum absolute atomic E-state index is 0.0882. The molecule has 1 aliphatic rings. The standard InChI is InChI=1S/C16H24N2O2/c1-13(2)20-12-16(19)18-11-5-3-4-6-15(18)14-7-9-17-10-8-14/h7-10,13,15H,3-6,11-12H2,1-2H3/t15-/m1/s1. The van der Waals surface area contributed by atoms with Crippen LogP contribution in [-0.4, -0.2) is 35.0 Å². The number of amides is 1. The first kappa shape index (κ1) is 15.0. The van der Waals surface area contributed by atoms with Gasteiger partial charge >= 0.3 is 0 Å². The van der Waals surface area contributed by atoms with Crippen LogP contribution in [0.25, 0.3) is 0 Å². The SMILES string of the molecule is CC(C)OCC(=O)N1CCCCC[C@@H]1c1ccncc1. The largest absolute Gasteiger partial charge is 0.369 e. The average Bonchev–Trinajstić information content (AvgIpc) is 2.71. The fourth-order valence-corrected chi connectivity index (χ4v) is 2.66. The zero-order valence-corrected chi connectivity index (χ0v) is 12.4. The van der Waals surface area contributed by atoms with Crippen molar-refractivity contribution in [2.24, 2.45) is 0 Å². The molecule has 0 unspecified atom stereocenters. The van der Waals surface area contributed by atoms with E-state index in [9.17, 15) is 4.79 Å². The number of carbonyl (C=O) groups is 1. The van der Waals surface area contributed by atoms with Crippen molar-refractivity contribution in [1.82, 2.24) is 9.88 Å². The van der Waals surface area contributed by atoms with Crippen molar-refractivity contribution >= 4 is 5.91 Å². The van der Waals surface area contributed by atoms with Gasteiger partial charge in [0, 0.05) is 18.9 Å². The Morgan fingerprint density at radius 2 is 2.10 bits per heavy atom. The van der Waals surface area contributed by atoms with E-state index >= 15 is 0 Å². The Hall–Kier alpha value is -1.42. The van der Waals surface area contributed by atoms with Crippen LogP contribution in [0.5, 0.6) is 0 Å². The molecule has 110 valence electrons. The quantitative estimate of drug-likeness (QED) is 0.849. The minimum Gasteiger partial charge on any atom is -0.369 e. The normalized spacial score (nSPS) is 19.9. The summed E-state index contributed by atoms with van der Waals surface area (Å²) in [5.74, 6) is 0.0995. The molecule has 1 aromatic rings. The zero-order chi connectivity index (χ0) is 14.4. The van der Waals surface area contributed by atoms with E-state index in [4.69, 9.17) is 4.74 Å². The molecule has 20 heavy (non-hydrogen) atoms. The van der Waals surface area contributed by atoms with E-state index in [1.165, 1.54) is 18.4 Å². The van der Waals surface area contributed by atoms with Gasteiger partial charge in [0.1, 0.15) is 6.61 Å². The molecule has 1 fully saturated rings. The maximum atomic E-state index is 12.4. The van der Waals surface area contributed by atoms with Gasteiger partial charge in [0.25, 0.3) is 0 Å². The van der Waals surface area contributed by atoms with Crippen molar-refractivity contribution in [2.75, 3.05) is 13.2 Å². The highest BCUT2D eigenvalue weighted by Crippen LogP contribution is 2.29. The van der Waals surface area contributed by atoms with Crippen molar-refractivity contribution in [3.05, 3.63) is 30.1 Å². The Balaban J connectivity index is 2.11. The van der Waals surface area contributed by atoms with Gasteiger partial charge in [-0.2, -0.15) is 0 Å². The summed E-state index contributed by atoms with van der Waals surface area (Å²) in [5.41, 5.74) is 1.18. The van der Waals surface area contributed by atoms with Gasteiger partial charge in [-0.3, -0.25) is 9.78 Å². The lowest BCUT2D eigenvalue weighted by Gasteiger charge is -2.30. The molecule has 2 heterocycles. The highest BCUT2D eigenvalue weighted by atomic mass is 16.5. The van der Waals surface area contributed by atoms with Crippen molar-refractivity contribution in [3.63, 3.8) is 0 Å². The molecule has 2 rings (SSSR count). The van der Waals surface area contributed by atoms with E-state index < -0.39 is 0 Å². The maximum absolute atomic E-state index is 12.4. The van der Waals surface area contributed by atoms with E-state index in [2.05, 4.69) is 4.98 Å². The van der Waals surface area contributed by atoms with E-state index in [1.807, 2.05) is 30.9 Å². The summed E-state index contributed by atoms with van der Waals surface area (Å²) in [6, 6.07) is 4.20. The molecule has 1 aromatic heterocycles. The van der Waals surface area contributed by atoms with Gasteiger partial charge < -0.3 is 9.64 Å². The molecule has 0 saturated carbocycles. The van der Waals surface area contributed by atoms with Crippen LogP contribution in [0.4, 0.5) is 0 Å². The molecular weight excluding hydrogens is 252 g/mol. The van der Waals surface area contributed by atoms with Crippen LogP contribution in [0, 0.1) is 0 Å². The van der Waals surface area contributed by atoms with Crippen LogP contribution in [0.15, 0.2) is 24.5 Å². The van der Waals surface area contributed by atoms with Crippen molar-refractivity contribution in [2.45, 2.75) is 51.7 Å². The third kappa shape index (κ3) is 4.04. The Kier molecular flexibility index (Phi) is 5.53. The summed E-state index contributed by atoms with van der Waals surface area (Å²) in [4.78, 5) is 18.5. The van der Waals surface area contributed by atoms with Gasteiger partial charge in [0.05, 0.1) is 12.1 Å². The average molecular weight is 276 g/mol. The van der Waals surface area contributed by atoms with Gasteiger partial charge in [-0.15, -0.1) is 0 Å². The van der Waals surface area contributed by atoms with Crippen LogP contribution in [0.3, 0.4) is 0 Å². The van der Waals surface area contributed by atoms with E-state index in [-0.39, 0.29) is 24.7 Å². The number of likely N-dealkylation sites (tertiary alicyclic amines) is 1. The van der Waals surface area contributed by atoms with Gasteiger partial charge in [-0.25, -0.2) is 0 Å². The topological polar surface area (TPSA) is 42.4 Å². The molecule has 4 heteroatoms. The molecule has 0 bridgehead atoms. The van der Waals surface area contributed by atoms with E-state index in [1.54, 1.807) is 12.4 Å². The summed E-state index contributed by atoms with van der Waals surface area (Å²) in [7, 11) is 0. The van der Waals surface area contributed by atoms with Crippen LogP contribution in [0.2, 0.25) is 0 Å². The highest BCUT2D eigenvalue weighted by Gasteiger charge is 2.26. The molecule has 0 aromatic carbocycles. The summed E-state index contributed by atoms with van der Waals surface area (Å²) in [5, 5.41) is 0. The van der Waals surface area contributed by atoms with Crippen molar-refractivity contribution in [3.8, 4) is 0 Å². The molecule has 0 radical (unpaired) electrons. The third-order valence-corrected chi connectivity index (χ3v) is 3.70. The summed E-state index contributed by atoms with van der Waals surface area (Å²) < 4.78 is 5.48. The number of nitrogens with zero attached hydrogens (tertiary/aromatic N) is 2. The highest BCUT2D eigenvalue weighted by molar-refractivity contribution is 5.78. The van der Waals surface area contributed by atoms with Crippen LogP contribution in [-0.2, 0) is 9.53 Å². The number of carbonyl (C=O) groups excluding carboxylic acids is 1. The first-order chi connectivity index (χ1) is 9.68. The molecule has 1 saturated heterocycles. The second-order valence-electron chi connectivity index (χ2n) is 5.59. The van der Waals surface area contributed by atoms with Crippen molar-refractivity contribution < 1.29 is 9.53 Å². The Morgan fingerprint density at radius 1 is 1.35 bits per heavy atom. The molecule has 1 atom stereocenters. The second-order valence-corrected chi connectivity index (χ2v) is 5.59. The molecule has 1 aliphatic heterocycles. The number of aromatic nitrogens is 1. The molecule has 0 aliphatic carbocycles. The van der Waals surface area contributed by atoms with E-state index in [0.717, 1.165) is 19.4 Å². The smallest absolute Gasteiger partial charge is 0.249 e. The molecule has 0 N–H and O–H groups in total. The number of hydrogen-bond acceptors (Lipinski definition) is 3. The fourth-order valence-electron chi connectivity index (χ4n) is 2.66. The van der Waals surface area contributed by atoms with Crippen LogP contribution >= 0.6 is 0 Å². The molecule has 0 spiro atoms. The molecular formula is C16H24N2O2. The van der Waals surface area contributed by atoms with Gasteiger partial charge in [0.15, 0.2) is 0 Å². The first-order valence-electron chi connectivity index (χ1n) is 7.49. The number of pyridine rings is 1. The Bertz CT molecular complexity index is 420. The monoisotopic (exact) mass is 276 g/mol. The molecule has 4 nitrogen and oxygen atoms in total. The van der Waals surface area contributed by atoms with Crippen LogP contribution < -0.4 is 0 Å². The number of hydrogen-bond donors (Lipinski definition) is 0. The summed E-state index contributed by atoms with van der Waals surface area (Å²) >= 11 is 0. The summed E-state index contributed by atoms with van der Waals surface area (Å²) in [6.45, 7) is 4.92. The van der Waals surface area contributed by atoms with Gasteiger partial charge in [-0.05, 0) is 44.4 Å². The van der Waals surface area contributed by atoms with Gasteiger partial charge in [0.2, 0.25) is 5.91 Å². The summed E-state index contributed by atoms with van der Waals surface area (Å²) in [6.07, 6.45) is 8.15. The maximum Gasteiger partial charge on any atom is 0.249 e. The molecule has 1 amide bonds. The lowest BCUT2D eigenvalue weighted by molar-refractivity contribution is -0.140. The Labute approximate surface area is 121 Å². The Morgan fingerprint density at radius 3 is 2.80 bits per heavy atom. The zero-order valence-electron chi connectivity index (χ0n) is 12.4. The first-order valence-corrected chi connectivity index (χ1v) is 7.49.